The average Bonchev–Trinajstić information content (AvgIpc) is 2.75. The molecule has 3 rings (SSSR count). The van der Waals surface area contributed by atoms with Gasteiger partial charge in [-0.15, -0.1) is 13.2 Å². The number of ether oxygens (including phenoxy) is 2. The molecular formula is C15H14F3NO3. The standard InChI is InChI=1S/C15H14F3NO3/c16-15(17,18)22-11-7-3-2-6-10(11)12-19-14(13(20)21-12)8-4-1-5-9-14/h2-3,6-7H,1,4-5,8-9H2. The van der Waals surface area contributed by atoms with Crippen molar-refractivity contribution in [2.75, 3.05) is 0 Å². The lowest BCUT2D eigenvalue weighted by Crippen LogP contribution is -2.35. The smallest absolute Gasteiger partial charge is 0.405 e. The molecule has 0 bridgehead atoms. The number of para-hydroxylation sites is 1. The molecule has 0 N–H and O–H groups in total. The van der Waals surface area contributed by atoms with Crippen LogP contribution in [0.15, 0.2) is 29.3 Å². The van der Waals surface area contributed by atoms with Gasteiger partial charge in [0.15, 0.2) is 5.54 Å². The molecule has 0 unspecified atom stereocenters. The molecule has 0 radical (unpaired) electrons. The van der Waals surface area contributed by atoms with E-state index < -0.39 is 23.6 Å². The highest BCUT2D eigenvalue weighted by Crippen LogP contribution is 2.38. The number of aliphatic imine (C=N–C) groups is 1. The van der Waals surface area contributed by atoms with Crippen LogP contribution in [0.4, 0.5) is 13.2 Å². The predicted molar refractivity (Wildman–Crippen MR) is 71.6 cm³/mol. The SMILES string of the molecule is O=C1OC(c2ccccc2OC(F)(F)F)=NC12CCCCC2. The van der Waals surface area contributed by atoms with E-state index in [0.717, 1.165) is 19.3 Å². The average molecular weight is 313 g/mol. The normalized spacial score (nSPS) is 20.7. The molecule has 2 aliphatic rings. The van der Waals surface area contributed by atoms with Crippen molar-refractivity contribution in [3.8, 4) is 5.75 Å². The lowest BCUT2D eigenvalue weighted by atomic mass is 9.83. The first kappa shape index (κ1) is 14.9. The summed E-state index contributed by atoms with van der Waals surface area (Å²) in [6.45, 7) is 0. The zero-order valence-electron chi connectivity index (χ0n) is 11.7. The molecule has 118 valence electrons. The summed E-state index contributed by atoms with van der Waals surface area (Å²) < 4.78 is 46.5. The van der Waals surface area contributed by atoms with Gasteiger partial charge in [-0.05, 0) is 25.0 Å². The largest absolute Gasteiger partial charge is 0.573 e. The summed E-state index contributed by atoms with van der Waals surface area (Å²) >= 11 is 0. The molecule has 22 heavy (non-hydrogen) atoms. The number of carbonyl (C=O) groups excluding carboxylic acids is 1. The highest BCUT2D eigenvalue weighted by Gasteiger charge is 2.47. The molecule has 1 fully saturated rings. The number of esters is 1. The third-order valence-electron chi connectivity index (χ3n) is 3.91. The Labute approximate surface area is 124 Å². The van der Waals surface area contributed by atoms with Crippen molar-refractivity contribution in [2.45, 2.75) is 44.0 Å². The van der Waals surface area contributed by atoms with Gasteiger partial charge in [0.05, 0.1) is 5.56 Å². The molecule has 0 aromatic heterocycles. The van der Waals surface area contributed by atoms with Crippen LogP contribution >= 0.6 is 0 Å². The minimum absolute atomic E-state index is 0.0376. The first-order chi connectivity index (χ1) is 10.4. The summed E-state index contributed by atoms with van der Waals surface area (Å²) in [4.78, 5) is 16.5. The fourth-order valence-corrected chi connectivity index (χ4v) is 2.87. The van der Waals surface area contributed by atoms with E-state index in [4.69, 9.17) is 4.74 Å². The van der Waals surface area contributed by atoms with Gasteiger partial charge in [0.1, 0.15) is 5.75 Å². The molecule has 7 heteroatoms. The Morgan fingerprint density at radius 2 is 1.82 bits per heavy atom. The number of nitrogens with zero attached hydrogens (tertiary/aromatic N) is 1. The summed E-state index contributed by atoms with van der Waals surface area (Å²) in [6, 6.07) is 5.53. The number of benzene rings is 1. The van der Waals surface area contributed by atoms with E-state index in [1.165, 1.54) is 18.2 Å². The van der Waals surface area contributed by atoms with Crippen molar-refractivity contribution in [2.24, 2.45) is 4.99 Å². The highest BCUT2D eigenvalue weighted by atomic mass is 19.4. The first-order valence-electron chi connectivity index (χ1n) is 7.07. The van der Waals surface area contributed by atoms with E-state index in [9.17, 15) is 18.0 Å². The van der Waals surface area contributed by atoms with Crippen LogP contribution in [0.25, 0.3) is 0 Å². The Morgan fingerprint density at radius 3 is 2.50 bits per heavy atom. The number of cyclic esters (lactones) is 1. The second-order valence-electron chi connectivity index (χ2n) is 5.44. The van der Waals surface area contributed by atoms with E-state index in [2.05, 4.69) is 9.73 Å². The highest BCUT2D eigenvalue weighted by molar-refractivity contribution is 6.09. The van der Waals surface area contributed by atoms with Gasteiger partial charge in [0.2, 0.25) is 5.90 Å². The van der Waals surface area contributed by atoms with Gasteiger partial charge in [0, 0.05) is 0 Å². The lowest BCUT2D eigenvalue weighted by molar-refractivity contribution is -0.274. The number of rotatable bonds is 2. The molecular weight excluding hydrogens is 299 g/mol. The quantitative estimate of drug-likeness (QED) is 0.784. The van der Waals surface area contributed by atoms with Crippen molar-refractivity contribution in [1.29, 1.82) is 0 Å². The molecule has 0 amide bonds. The van der Waals surface area contributed by atoms with Crippen molar-refractivity contribution in [3.05, 3.63) is 29.8 Å². The van der Waals surface area contributed by atoms with Crippen molar-refractivity contribution in [1.82, 2.24) is 0 Å². The molecule has 0 saturated heterocycles. The summed E-state index contributed by atoms with van der Waals surface area (Å²) in [6.07, 6.45) is -0.954. The summed E-state index contributed by atoms with van der Waals surface area (Å²) in [5.41, 5.74) is -0.894. The third-order valence-corrected chi connectivity index (χ3v) is 3.91. The maximum Gasteiger partial charge on any atom is 0.573 e. The van der Waals surface area contributed by atoms with Crippen LogP contribution in [0.5, 0.6) is 5.75 Å². The fraction of sp³-hybridized carbons (Fsp3) is 0.467. The van der Waals surface area contributed by atoms with Crippen LogP contribution < -0.4 is 4.74 Å². The molecule has 1 heterocycles. The third kappa shape index (κ3) is 2.80. The molecule has 1 aliphatic carbocycles. The summed E-state index contributed by atoms with van der Waals surface area (Å²) in [5.74, 6) is -0.995. The first-order valence-corrected chi connectivity index (χ1v) is 7.07. The zero-order valence-corrected chi connectivity index (χ0v) is 11.7. The minimum Gasteiger partial charge on any atom is -0.405 e. The van der Waals surface area contributed by atoms with Crippen LogP contribution in [-0.4, -0.2) is 23.8 Å². The van der Waals surface area contributed by atoms with E-state index >= 15 is 0 Å². The Bertz CT molecular complexity index is 619. The number of hydrogen-bond acceptors (Lipinski definition) is 4. The molecule has 1 saturated carbocycles. The van der Waals surface area contributed by atoms with E-state index in [1.807, 2.05) is 0 Å². The predicted octanol–water partition coefficient (Wildman–Crippen LogP) is 3.59. The van der Waals surface area contributed by atoms with Crippen LogP contribution in [-0.2, 0) is 9.53 Å². The molecule has 1 aliphatic heterocycles. The Hall–Kier alpha value is -2.05. The van der Waals surface area contributed by atoms with Gasteiger partial charge in [-0.25, -0.2) is 9.79 Å². The number of hydrogen-bond donors (Lipinski definition) is 0. The Balaban J connectivity index is 1.95. The summed E-state index contributed by atoms with van der Waals surface area (Å²) in [5, 5.41) is 0. The van der Waals surface area contributed by atoms with Crippen molar-refractivity contribution in [3.63, 3.8) is 0 Å². The Morgan fingerprint density at radius 1 is 1.14 bits per heavy atom. The summed E-state index contributed by atoms with van der Waals surface area (Å²) in [7, 11) is 0. The van der Waals surface area contributed by atoms with Gasteiger partial charge in [-0.3, -0.25) is 0 Å². The zero-order chi connectivity index (χ0) is 15.8. The monoisotopic (exact) mass is 313 g/mol. The number of halogens is 3. The minimum atomic E-state index is -4.82. The maximum atomic E-state index is 12.5. The Kier molecular flexibility index (Phi) is 3.58. The van der Waals surface area contributed by atoms with Gasteiger partial charge in [-0.2, -0.15) is 0 Å². The van der Waals surface area contributed by atoms with Gasteiger partial charge < -0.3 is 9.47 Å². The van der Waals surface area contributed by atoms with Crippen LogP contribution in [0.1, 0.15) is 37.7 Å². The number of alkyl halides is 3. The van der Waals surface area contributed by atoms with Gasteiger partial charge in [-0.1, -0.05) is 31.4 Å². The van der Waals surface area contributed by atoms with Gasteiger partial charge in [0.25, 0.3) is 0 Å². The van der Waals surface area contributed by atoms with Gasteiger partial charge >= 0.3 is 12.3 Å². The second-order valence-corrected chi connectivity index (χ2v) is 5.44. The van der Waals surface area contributed by atoms with Crippen molar-refractivity contribution >= 4 is 11.9 Å². The lowest BCUT2D eigenvalue weighted by Gasteiger charge is -2.25. The maximum absolute atomic E-state index is 12.5. The van der Waals surface area contributed by atoms with Crippen molar-refractivity contribution < 1.29 is 27.4 Å². The molecule has 1 aromatic rings. The molecule has 0 atom stereocenters. The molecule has 1 spiro atoms. The second kappa shape index (κ2) is 5.30. The van der Waals surface area contributed by atoms with Crippen LogP contribution in [0.2, 0.25) is 0 Å². The van der Waals surface area contributed by atoms with Crippen LogP contribution in [0.3, 0.4) is 0 Å². The molecule has 4 nitrogen and oxygen atoms in total. The van der Waals surface area contributed by atoms with E-state index in [1.54, 1.807) is 6.07 Å². The fourth-order valence-electron chi connectivity index (χ4n) is 2.87. The number of carbonyl (C=O) groups is 1. The van der Waals surface area contributed by atoms with Crippen LogP contribution in [0, 0.1) is 0 Å². The van der Waals surface area contributed by atoms with E-state index in [-0.39, 0.29) is 11.5 Å². The topological polar surface area (TPSA) is 47.9 Å². The van der Waals surface area contributed by atoms with E-state index in [0.29, 0.717) is 12.8 Å². The molecule has 1 aromatic carbocycles.